The van der Waals surface area contributed by atoms with Crippen LogP contribution in [0.25, 0.3) is 0 Å². The molecule has 0 aliphatic carbocycles. The Labute approximate surface area is 111 Å². The van der Waals surface area contributed by atoms with E-state index in [1.165, 1.54) is 0 Å². The van der Waals surface area contributed by atoms with E-state index in [1.54, 1.807) is 18.2 Å². The van der Waals surface area contributed by atoms with Gasteiger partial charge in [-0.3, -0.25) is 0 Å². The number of aliphatic hydroxyl groups excluding tert-OH is 1. The summed E-state index contributed by atoms with van der Waals surface area (Å²) in [6.45, 7) is -0.658. The molecule has 17 heavy (non-hydrogen) atoms. The molecule has 0 radical (unpaired) electrons. The van der Waals surface area contributed by atoms with Gasteiger partial charge in [-0.05, 0) is 34.7 Å². The summed E-state index contributed by atoms with van der Waals surface area (Å²) in [5.41, 5.74) is 0.577. The lowest BCUT2D eigenvalue weighted by Crippen LogP contribution is -2.45. The number of benzene rings is 1. The van der Waals surface area contributed by atoms with E-state index >= 15 is 0 Å². The highest BCUT2D eigenvalue weighted by Gasteiger charge is 2.18. The molecule has 1 aromatic rings. The number of carboxylic acids is 1. The standard InChI is InChI=1S/C10H11IN2O4/c11-6-3-1-2-4-7(6)12-10(17)13-8(5-14)9(15)16/h1-4,8,14H,5H2,(H,15,16)(H2,12,13,17)/t8-/m0/s1. The smallest absolute Gasteiger partial charge is 0.328 e. The van der Waals surface area contributed by atoms with Crippen LogP contribution in [-0.2, 0) is 4.79 Å². The fraction of sp³-hybridized carbons (Fsp3) is 0.200. The first kappa shape index (κ1) is 13.7. The molecular weight excluding hydrogens is 339 g/mol. The summed E-state index contributed by atoms with van der Waals surface area (Å²) in [7, 11) is 0. The minimum absolute atomic E-state index is 0.577. The van der Waals surface area contributed by atoms with E-state index in [2.05, 4.69) is 10.6 Å². The van der Waals surface area contributed by atoms with Gasteiger partial charge in [0.15, 0.2) is 6.04 Å². The fourth-order valence-corrected chi connectivity index (χ4v) is 1.59. The summed E-state index contributed by atoms with van der Waals surface area (Å²) in [5.74, 6) is -1.29. The lowest BCUT2D eigenvalue weighted by molar-refractivity contribution is -0.140. The molecule has 0 spiro atoms. The van der Waals surface area contributed by atoms with E-state index in [4.69, 9.17) is 10.2 Å². The van der Waals surface area contributed by atoms with Gasteiger partial charge in [0.2, 0.25) is 0 Å². The Morgan fingerprint density at radius 1 is 1.35 bits per heavy atom. The van der Waals surface area contributed by atoms with Crippen LogP contribution in [0.1, 0.15) is 0 Å². The molecule has 1 aromatic carbocycles. The van der Waals surface area contributed by atoms with Gasteiger partial charge in [-0.1, -0.05) is 12.1 Å². The Hall–Kier alpha value is -1.35. The van der Waals surface area contributed by atoms with Gasteiger partial charge >= 0.3 is 12.0 Å². The van der Waals surface area contributed by atoms with E-state index in [-0.39, 0.29) is 0 Å². The lowest BCUT2D eigenvalue weighted by atomic mass is 10.3. The molecule has 0 saturated carbocycles. The van der Waals surface area contributed by atoms with Gasteiger partial charge in [-0.25, -0.2) is 9.59 Å². The SMILES string of the molecule is O=C(Nc1ccccc1I)N[C@@H](CO)C(=O)O. The molecule has 0 unspecified atom stereocenters. The highest BCUT2D eigenvalue weighted by Crippen LogP contribution is 2.16. The number of halogens is 1. The van der Waals surface area contributed by atoms with Crippen molar-refractivity contribution >= 4 is 40.3 Å². The molecule has 0 bridgehead atoms. The van der Waals surface area contributed by atoms with Crippen molar-refractivity contribution in [3.8, 4) is 0 Å². The number of anilines is 1. The van der Waals surface area contributed by atoms with Crippen molar-refractivity contribution in [2.45, 2.75) is 6.04 Å². The van der Waals surface area contributed by atoms with Crippen LogP contribution >= 0.6 is 22.6 Å². The average molecular weight is 350 g/mol. The number of urea groups is 1. The molecule has 0 fully saturated rings. The Bertz CT molecular complexity index is 425. The van der Waals surface area contributed by atoms with Gasteiger partial charge in [0.05, 0.1) is 12.3 Å². The number of carbonyl (C=O) groups is 2. The minimum Gasteiger partial charge on any atom is -0.480 e. The molecule has 0 aliphatic rings. The maximum absolute atomic E-state index is 11.4. The predicted octanol–water partition coefficient (Wildman–Crippen LogP) is 0.858. The second kappa shape index (κ2) is 6.40. The molecule has 0 aliphatic heterocycles. The second-order valence-corrected chi connectivity index (χ2v) is 4.31. The molecule has 6 nitrogen and oxygen atoms in total. The first-order chi connectivity index (χ1) is 8.04. The normalized spacial score (nSPS) is 11.6. The number of nitrogens with one attached hydrogen (secondary N) is 2. The Balaban J connectivity index is 2.61. The zero-order valence-electron chi connectivity index (χ0n) is 8.68. The van der Waals surface area contributed by atoms with E-state index in [0.29, 0.717) is 5.69 Å². The first-order valence-electron chi connectivity index (χ1n) is 4.70. The minimum atomic E-state index is -1.31. The Morgan fingerprint density at radius 3 is 2.53 bits per heavy atom. The molecule has 2 amide bonds. The van der Waals surface area contributed by atoms with Crippen molar-refractivity contribution in [2.75, 3.05) is 11.9 Å². The van der Waals surface area contributed by atoms with Crippen LogP contribution in [0.2, 0.25) is 0 Å². The molecular formula is C10H11IN2O4. The summed E-state index contributed by atoms with van der Waals surface area (Å²) < 4.78 is 0.830. The van der Waals surface area contributed by atoms with Crippen molar-refractivity contribution in [3.63, 3.8) is 0 Å². The molecule has 0 saturated heterocycles. The van der Waals surface area contributed by atoms with Gasteiger partial charge in [0.25, 0.3) is 0 Å². The van der Waals surface area contributed by atoms with Gasteiger partial charge in [0, 0.05) is 3.57 Å². The number of aliphatic hydroxyl groups is 1. The van der Waals surface area contributed by atoms with E-state index in [1.807, 2.05) is 28.7 Å². The van der Waals surface area contributed by atoms with Crippen LogP contribution in [0.4, 0.5) is 10.5 Å². The topological polar surface area (TPSA) is 98.7 Å². The molecule has 4 N–H and O–H groups in total. The number of rotatable bonds is 4. The number of aliphatic carboxylic acids is 1. The van der Waals surface area contributed by atoms with Gasteiger partial charge in [0.1, 0.15) is 0 Å². The molecule has 1 rings (SSSR count). The summed E-state index contributed by atoms with van der Waals surface area (Å²) in [6.07, 6.45) is 0. The number of amides is 2. The highest BCUT2D eigenvalue weighted by molar-refractivity contribution is 14.1. The molecule has 1 atom stereocenters. The van der Waals surface area contributed by atoms with E-state index in [9.17, 15) is 9.59 Å². The first-order valence-corrected chi connectivity index (χ1v) is 5.78. The number of carbonyl (C=O) groups excluding carboxylic acids is 1. The second-order valence-electron chi connectivity index (χ2n) is 3.15. The summed E-state index contributed by atoms with van der Waals surface area (Å²) in [5, 5.41) is 22.0. The van der Waals surface area contributed by atoms with Crippen molar-refractivity contribution in [3.05, 3.63) is 27.8 Å². The number of para-hydroxylation sites is 1. The molecule has 0 heterocycles. The molecule has 7 heteroatoms. The summed E-state index contributed by atoms with van der Waals surface area (Å²) in [4.78, 5) is 22.0. The molecule has 92 valence electrons. The van der Waals surface area contributed by atoms with Crippen LogP contribution in [0.5, 0.6) is 0 Å². The van der Waals surface area contributed by atoms with Crippen molar-refractivity contribution in [1.82, 2.24) is 5.32 Å². The van der Waals surface area contributed by atoms with Crippen molar-refractivity contribution in [2.24, 2.45) is 0 Å². The van der Waals surface area contributed by atoms with Crippen molar-refractivity contribution in [1.29, 1.82) is 0 Å². The zero-order chi connectivity index (χ0) is 12.8. The largest absolute Gasteiger partial charge is 0.480 e. The highest BCUT2D eigenvalue weighted by atomic mass is 127. The van der Waals surface area contributed by atoms with Gasteiger partial charge < -0.3 is 20.8 Å². The van der Waals surface area contributed by atoms with Gasteiger partial charge in [-0.15, -0.1) is 0 Å². The summed E-state index contributed by atoms with van der Waals surface area (Å²) in [6, 6.07) is 5.08. The Morgan fingerprint density at radius 2 is 2.00 bits per heavy atom. The van der Waals surface area contributed by atoms with Gasteiger partial charge in [-0.2, -0.15) is 0 Å². The monoisotopic (exact) mass is 350 g/mol. The van der Waals surface area contributed by atoms with E-state index in [0.717, 1.165) is 3.57 Å². The van der Waals surface area contributed by atoms with Crippen LogP contribution in [-0.4, -0.2) is 34.9 Å². The maximum Gasteiger partial charge on any atom is 0.328 e. The number of hydrogen-bond acceptors (Lipinski definition) is 3. The third-order valence-electron chi connectivity index (χ3n) is 1.91. The quantitative estimate of drug-likeness (QED) is 0.606. The van der Waals surface area contributed by atoms with Crippen LogP contribution in [0, 0.1) is 3.57 Å². The average Bonchev–Trinajstić information content (AvgIpc) is 2.28. The predicted molar refractivity (Wildman–Crippen MR) is 69.8 cm³/mol. The Kier molecular flexibility index (Phi) is 5.16. The van der Waals surface area contributed by atoms with Crippen LogP contribution < -0.4 is 10.6 Å². The summed E-state index contributed by atoms with van der Waals surface area (Å²) >= 11 is 2.04. The number of hydrogen-bond donors (Lipinski definition) is 4. The zero-order valence-corrected chi connectivity index (χ0v) is 10.8. The fourth-order valence-electron chi connectivity index (χ4n) is 1.06. The molecule has 0 aromatic heterocycles. The maximum atomic E-state index is 11.4. The number of carboxylic acid groups (broad SMARTS) is 1. The van der Waals surface area contributed by atoms with E-state index < -0.39 is 24.6 Å². The van der Waals surface area contributed by atoms with Crippen LogP contribution in [0.3, 0.4) is 0 Å². The third-order valence-corrected chi connectivity index (χ3v) is 2.85. The van der Waals surface area contributed by atoms with Crippen LogP contribution in [0.15, 0.2) is 24.3 Å². The third kappa shape index (κ3) is 4.19. The van der Waals surface area contributed by atoms with Crippen molar-refractivity contribution < 1.29 is 19.8 Å². The lowest BCUT2D eigenvalue weighted by Gasteiger charge is -2.13.